The average molecular weight is 345 g/mol. The van der Waals surface area contributed by atoms with Crippen LogP contribution in [-0.2, 0) is 10.8 Å². The number of carbonyl (C=O) groups is 1. The van der Waals surface area contributed by atoms with Crippen LogP contribution in [0.4, 0.5) is 0 Å². The van der Waals surface area contributed by atoms with Gasteiger partial charge in [0.25, 0.3) is 0 Å². The summed E-state index contributed by atoms with van der Waals surface area (Å²) < 4.78 is 0. The fourth-order valence-corrected chi connectivity index (χ4v) is 2.70. The molecule has 2 rings (SSSR count). The van der Waals surface area contributed by atoms with Crippen molar-refractivity contribution < 1.29 is 9.90 Å². The Kier molecular flexibility index (Phi) is 4.83. The SMILES string of the molecule is CC(C)(C)c1cc(C(=O)c2ccc(Cl)cc2)c(O)c(C(C)(C)C)c1. The molecule has 2 aromatic carbocycles. The van der Waals surface area contributed by atoms with Crippen LogP contribution < -0.4 is 0 Å². The van der Waals surface area contributed by atoms with Crippen molar-refractivity contribution >= 4 is 17.4 Å². The summed E-state index contributed by atoms with van der Waals surface area (Å²) in [6.07, 6.45) is 0. The first-order valence-corrected chi connectivity index (χ1v) is 8.47. The molecule has 0 amide bonds. The van der Waals surface area contributed by atoms with E-state index < -0.39 is 0 Å². The molecule has 0 atom stereocenters. The molecular weight excluding hydrogens is 320 g/mol. The van der Waals surface area contributed by atoms with Gasteiger partial charge in [-0.25, -0.2) is 0 Å². The monoisotopic (exact) mass is 344 g/mol. The quantitative estimate of drug-likeness (QED) is 0.691. The standard InChI is InChI=1S/C21H25ClO2/c1-20(2,3)14-11-16(19(24)17(12-14)21(4,5)6)18(23)13-7-9-15(22)10-8-13/h7-12,24H,1-6H3. The van der Waals surface area contributed by atoms with E-state index in [4.69, 9.17) is 11.6 Å². The number of carbonyl (C=O) groups excluding carboxylic acids is 1. The minimum absolute atomic E-state index is 0.0652. The summed E-state index contributed by atoms with van der Waals surface area (Å²) in [5.74, 6) is -0.129. The molecule has 0 radical (unpaired) electrons. The number of hydrogen-bond acceptors (Lipinski definition) is 2. The van der Waals surface area contributed by atoms with Gasteiger partial charge in [0.1, 0.15) is 5.75 Å². The first kappa shape index (κ1) is 18.5. The summed E-state index contributed by atoms with van der Waals surface area (Å²) in [6, 6.07) is 10.6. The molecule has 2 nitrogen and oxygen atoms in total. The number of halogens is 1. The molecule has 0 spiro atoms. The Balaban J connectivity index is 2.68. The third-order valence-electron chi connectivity index (χ3n) is 4.13. The lowest BCUT2D eigenvalue weighted by Gasteiger charge is -2.27. The number of ketones is 1. The van der Waals surface area contributed by atoms with Gasteiger partial charge in [0, 0.05) is 16.1 Å². The van der Waals surface area contributed by atoms with Crippen LogP contribution in [0, 0.1) is 0 Å². The highest BCUT2D eigenvalue weighted by molar-refractivity contribution is 6.30. The maximum Gasteiger partial charge on any atom is 0.196 e. The zero-order valence-electron chi connectivity index (χ0n) is 15.2. The van der Waals surface area contributed by atoms with Crippen LogP contribution in [0.25, 0.3) is 0 Å². The lowest BCUT2D eigenvalue weighted by atomic mass is 9.78. The van der Waals surface area contributed by atoms with Crippen LogP contribution in [0.2, 0.25) is 5.02 Å². The van der Waals surface area contributed by atoms with Crippen molar-refractivity contribution in [2.75, 3.05) is 0 Å². The Hall–Kier alpha value is -1.80. The van der Waals surface area contributed by atoms with Crippen LogP contribution >= 0.6 is 11.6 Å². The molecule has 0 aliphatic carbocycles. The molecule has 0 saturated carbocycles. The van der Waals surface area contributed by atoms with E-state index in [-0.39, 0.29) is 22.4 Å². The predicted octanol–water partition coefficient (Wildman–Crippen LogP) is 5.87. The molecule has 3 heteroatoms. The van der Waals surface area contributed by atoms with Gasteiger partial charge in [-0.2, -0.15) is 0 Å². The van der Waals surface area contributed by atoms with E-state index >= 15 is 0 Å². The summed E-state index contributed by atoms with van der Waals surface area (Å²) in [6.45, 7) is 12.4. The van der Waals surface area contributed by atoms with E-state index in [0.717, 1.165) is 11.1 Å². The zero-order chi connectivity index (χ0) is 18.3. The molecule has 0 aromatic heterocycles. The van der Waals surface area contributed by atoms with E-state index in [0.29, 0.717) is 16.1 Å². The van der Waals surface area contributed by atoms with Gasteiger partial charge in [0.15, 0.2) is 5.78 Å². The average Bonchev–Trinajstić information content (AvgIpc) is 2.45. The highest BCUT2D eigenvalue weighted by Gasteiger charge is 2.27. The number of hydrogen-bond donors (Lipinski definition) is 1. The fourth-order valence-electron chi connectivity index (χ4n) is 2.57. The minimum Gasteiger partial charge on any atom is -0.507 e. The third-order valence-corrected chi connectivity index (χ3v) is 4.39. The highest BCUT2D eigenvalue weighted by atomic mass is 35.5. The first-order valence-electron chi connectivity index (χ1n) is 8.09. The Labute approximate surface area is 149 Å². The smallest absolute Gasteiger partial charge is 0.196 e. The van der Waals surface area contributed by atoms with Gasteiger partial charge in [-0.3, -0.25) is 4.79 Å². The Morgan fingerprint density at radius 2 is 1.46 bits per heavy atom. The lowest BCUT2D eigenvalue weighted by molar-refractivity contribution is 0.103. The summed E-state index contributed by atoms with van der Waals surface area (Å²) in [5.41, 5.74) is 2.29. The van der Waals surface area contributed by atoms with Crippen LogP contribution in [-0.4, -0.2) is 10.9 Å². The molecular formula is C21H25ClO2. The van der Waals surface area contributed by atoms with Crippen LogP contribution in [0.5, 0.6) is 5.75 Å². The molecule has 0 heterocycles. The molecule has 0 aliphatic heterocycles. The number of phenolic OH excluding ortho intramolecular Hbond substituents is 1. The van der Waals surface area contributed by atoms with E-state index in [1.54, 1.807) is 24.3 Å². The Morgan fingerprint density at radius 3 is 1.92 bits per heavy atom. The van der Waals surface area contributed by atoms with Gasteiger partial charge >= 0.3 is 0 Å². The molecule has 0 unspecified atom stereocenters. The minimum atomic E-state index is -0.264. The maximum atomic E-state index is 12.9. The zero-order valence-corrected chi connectivity index (χ0v) is 16.0. The van der Waals surface area contributed by atoms with Crippen LogP contribution in [0.3, 0.4) is 0 Å². The van der Waals surface area contributed by atoms with E-state index in [2.05, 4.69) is 20.8 Å². The third kappa shape index (κ3) is 3.81. The van der Waals surface area contributed by atoms with Crippen molar-refractivity contribution in [1.29, 1.82) is 0 Å². The summed E-state index contributed by atoms with van der Waals surface area (Å²) in [7, 11) is 0. The van der Waals surface area contributed by atoms with Crippen LogP contribution in [0.1, 0.15) is 68.6 Å². The van der Waals surface area contributed by atoms with E-state index in [9.17, 15) is 9.90 Å². The van der Waals surface area contributed by atoms with Gasteiger partial charge in [0.2, 0.25) is 0 Å². The molecule has 24 heavy (non-hydrogen) atoms. The second-order valence-electron chi connectivity index (χ2n) is 8.26. The van der Waals surface area contributed by atoms with Gasteiger partial charge in [-0.05, 0) is 46.7 Å². The second-order valence-corrected chi connectivity index (χ2v) is 8.69. The number of phenols is 1. The van der Waals surface area contributed by atoms with Crippen molar-refractivity contribution in [2.24, 2.45) is 0 Å². The van der Waals surface area contributed by atoms with Crippen molar-refractivity contribution in [3.05, 3.63) is 63.7 Å². The summed E-state index contributed by atoms with van der Waals surface area (Å²) >= 11 is 5.90. The van der Waals surface area contributed by atoms with Gasteiger partial charge < -0.3 is 5.11 Å². The molecule has 128 valence electrons. The summed E-state index contributed by atoms with van der Waals surface area (Å²) in [5, 5.41) is 11.3. The van der Waals surface area contributed by atoms with Crippen LogP contribution in [0.15, 0.2) is 36.4 Å². The number of rotatable bonds is 2. The van der Waals surface area contributed by atoms with Gasteiger partial charge in [-0.15, -0.1) is 0 Å². The Morgan fingerprint density at radius 1 is 0.917 bits per heavy atom. The molecule has 0 aliphatic rings. The topological polar surface area (TPSA) is 37.3 Å². The highest BCUT2D eigenvalue weighted by Crippen LogP contribution is 2.38. The maximum absolute atomic E-state index is 12.9. The van der Waals surface area contributed by atoms with E-state index in [1.165, 1.54) is 0 Å². The fraction of sp³-hybridized carbons (Fsp3) is 0.381. The van der Waals surface area contributed by atoms with E-state index in [1.807, 2.05) is 32.9 Å². The molecule has 0 fully saturated rings. The molecule has 0 bridgehead atoms. The predicted molar refractivity (Wildman–Crippen MR) is 100 cm³/mol. The van der Waals surface area contributed by atoms with Gasteiger partial charge in [-0.1, -0.05) is 59.2 Å². The van der Waals surface area contributed by atoms with Crippen molar-refractivity contribution in [1.82, 2.24) is 0 Å². The number of aromatic hydroxyl groups is 1. The Bertz CT molecular complexity index is 760. The van der Waals surface area contributed by atoms with Crippen molar-refractivity contribution in [3.63, 3.8) is 0 Å². The van der Waals surface area contributed by atoms with Crippen molar-refractivity contribution in [2.45, 2.75) is 52.4 Å². The normalized spacial score (nSPS) is 12.3. The molecule has 2 aromatic rings. The van der Waals surface area contributed by atoms with Crippen molar-refractivity contribution in [3.8, 4) is 5.75 Å². The van der Waals surface area contributed by atoms with Gasteiger partial charge in [0.05, 0.1) is 5.56 Å². The second kappa shape index (κ2) is 6.25. The largest absolute Gasteiger partial charge is 0.507 e. The molecule has 0 saturated heterocycles. The lowest BCUT2D eigenvalue weighted by Crippen LogP contribution is -2.18. The number of benzene rings is 2. The molecule has 1 N–H and O–H groups in total. The summed E-state index contributed by atoms with van der Waals surface area (Å²) in [4.78, 5) is 12.9. The first-order chi connectivity index (χ1) is 10.9.